The third kappa shape index (κ3) is 3.61. The van der Waals surface area contributed by atoms with E-state index >= 15 is 0 Å². The molecule has 4 nitrogen and oxygen atoms in total. The van der Waals surface area contributed by atoms with Gasteiger partial charge < -0.3 is 10.6 Å². The number of nitrogens with zero attached hydrogens (tertiary/aromatic N) is 1. The van der Waals surface area contributed by atoms with E-state index in [9.17, 15) is 4.79 Å². The Hall–Kier alpha value is -2.33. The third-order valence-corrected chi connectivity index (χ3v) is 5.76. The quantitative estimate of drug-likeness (QED) is 0.872. The number of hydrogen-bond acceptors (Lipinski definition) is 3. The Morgan fingerprint density at radius 3 is 2.50 bits per heavy atom. The number of amides is 1. The maximum Gasteiger partial charge on any atom is 0.239 e. The van der Waals surface area contributed by atoms with E-state index in [1.54, 1.807) is 0 Å². The van der Waals surface area contributed by atoms with Gasteiger partial charge in [0, 0.05) is 24.8 Å². The van der Waals surface area contributed by atoms with Crippen LogP contribution < -0.4 is 16.0 Å². The highest BCUT2D eigenvalue weighted by Crippen LogP contribution is 2.28. The molecule has 136 valence electrons. The number of fused-ring (bicyclic) bond motifs is 1. The van der Waals surface area contributed by atoms with Gasteiger partial charge in [0.1, 0.15) is 6.04 Å². The van der Waals surface area contributed by atoms with Gasteiger partial charge in [-0.25, -0.2) is 0 Å². The van der Waals surface area contributed by atoms with Crippen molar-refractivity contribution < 1.29 is 4.79 Å². The van der Waals surface area contributed by atoms with E-state index in [0.717, 1.165) is 31.5 Å². The molecule has 1 amide bonds. The molecule has 4 rings (SSSR count). The van der Waals surface area contributed by atoms with Gasteiger partial charge in [0.05, 0.1) is 0 Å². The van der Waals surface area contributed by atoms with E-state index in [1.807, 2.05) is 30.3 Å². The van der Waals surface area contributed by atoms with Crippen molar-refractivity contribution in [2.75, 3.05) is 18.0 Å². The fourth-order valence-electron chi connectivity index (χ4n) is 4.28. The molecule has 4 heteroatoms. The number of piperidine rings is 1. The first-order valence-corrected chi connectivity index (χ1v) is 9.68. The van der Waals surface area contributed by atoms with Gasteiger partial charge in [0.2, 0.25) is 5.91 Å². The van der Waals surface area contributed by atoms with Crippen LogP contribution in [0.4, 0.5) is 5.69 Å². The van der Waals surface area contributed by atoms with Gasteiger partial charge in [-0.3, -0.25) is 10.1 Å². The van der Waals surface area contributed by atoms with Crippen molar-refractivity contribution in [3.63, 3.8) is 0 Å². The van der Waals surface area contributed by atoms with Crippen molar-refractivity contribution in [1.29, 1.82) is 0 Å². The molecule has 3 N–H and O–H groups in total. The van der Waals surface area contributed by atoms with Gasteiger partial charge in [-0.2, -0.15) is 0 Å². The van der Waals surface area contributed by atoms with Gasteiger partial charge in [0.25, 0.3) is 0 Å². The molecule has 2 aromatic carbocycles. The first-order chi connectivity index (χ1) is 12.7. The minimum absolute atomic E-state index is 0.308. The number of carbonyl (C=O) groups is 1. The van der Waals surface area contributed by atoms with E-state index in [0.29, 0.717) is 6.04 Å². The lowest BCUT2D eigenvalue weighted by Gasteiger charge is -2.35. The number of nitrogens with one attached hydrogen (secondary N) is 1. The van der Waals surface area contributed by atoms with E-state index in [1.165, 1.54) is 36.1 Å². The summed E-state index contributed by atoms with van der Waals surface area (Å²) in [6.45, 7) is 2.02. The van der Waals surface area contributed by atoms with Crippen LogP contribution in [-0.4, -0.2) is 25.0 Å². The maximum absolute atomic E-state index is 11.9. The lowest BCUT2D eigenvalue weighted by Crippen LogP contribution is -2.46. The number of benzene rings is 2. The zero-order chi connectivity index (χ0) is 17.9. The smallest absolute Gasteiger partial charge is 0.239 e. The summed E-state index contributed by atoms with van der Waals surface area (Å²) in [7, 11) is 0. The molecule has 1 atom stereocenters. The molecule has 0 aromatic heterocycles. The number of rotatable bonds is 5. The number of nitrogens with two attached hydrogens (primary N) is 1. The molecule has 0 spiro atoms. The molecule has 0 bridgehead atoms. The van der Waals surface area contributed by atoms with Gasteiger partial charge >= 0.3 is 0 Å². The van der Waals surface area contributed by atoms with Gasteiger partial charge in [-0.05, 0) is 60.9 Å². The van der Waals surface area contributed by atoms with Crippen molar-refractivity contribution in [3.8, 4) is 0 Å². The first-order valence-electron chi connectivity index (χ1n) is 9.68. The molecule has 1 aliphatic carbocycles. The zero-order valence-electron chi connectivity index (χ0n) is 15.2. The Labute approximate surface area is 155 Å². The van der Waals surface area contributed by atoms with Crippen LogP contribution in [-0.2, 0) is 17.6 Å². The maximum atomic E-state index is 11.9. The Morgan fingerprint density at radius 2 is 1.77 bits per heavy atom. The van der Waals surface area contributed by atoms with Crippen LogP contribution in [0.1, 0.15) is 42.0 Å². The van der Waals surface area contributed by atoms with Gasteiger partial charge in [0.15, 0.2) is 0 Å². The summed E-state index contributed by atoms with van der Waals surface area (Å²) in [5, 5.41) is 3.48. The highest BCUT2D eigenvalue weighted by Gasteiger charge is 2.25. The predicted octanol–water partition coefficient (Wildman–Crippen LogP) is 2.96. The summed E-state index contributed by atoms with van der Waals surface area (Å²) in [6, 6.07) is 16.6. The monoisotopic (exact) mass is 349 g/mol. The standard InChI is InChI=1S/C22H27N3O/c23-22(26)21(17-5-2-1-3-6-17)24-19-11-13-25(14-12-19)20-10-9-16-7-4-8-18(16)15-20/h1-3,5-6,9-10,15,19,21,24H,4,7-8,11-14H2,(H2,23,26)/t21-/m0/s1. The van der Waals surface area contributed by atoms with Crippen molar-refractivity contribution in [2.24, 2.45) is 5.73 Å². The third-order valence-electron chi connectivity index (χ3n) is 5.76. The molecule has 0 unspecified atom stereocenters. The van der Waals surface area contributed by atoms with Crippen LogP contribution in [0.5, 0.6) is 0 Å². The SMILES string of the molecule is NC(=O)[C@@H](NC1CCN(c2ccc3c(c2)CCC3)CC1)c1ccccc1. The number of carbonyl (C=O) groups excluding carboxylic acids is 1. The molecule has 2 aromatic rings. The Balaban J connectivity index is 1.38. The van der Waals surface area contributed by atoms with Crippen LogP contribution in [0.25, 0.3) is 0 Å². The predicted molar refractivity (Wildman–Crippen MR) is 105 cm³/mol. The first kappa shape index (κ1) is 17.1. The fourth-order valence-corrected chi connectivity index (χ4v) is 4.28. The van der Waals surface area contributed by atoms with Crippen molar-refractivity contribution in [3.05, 3.63) is 65.2 Å². The molecule has 26 heavy (non-hydrogen) atoms. The Bertz CT molecular complexity index is 766. The lowest BCUT2D eigenvalue weighted by atomic mass is 9.99. The van der Waals surface area contributed by atoms with E-state index in [-0.39, 0.29) is 5.91 Å². The summed E-state index contributed by atoms with van der Waals surface area (Å²) in [5.41, 5.74) is 11.0. The Morgan fingerprint density at radius 1 is 1.04 bits per heavy atom. The van der Waals surface area contributed by atoms with Crippen LogP contribution in [0, 0.1) is 0 Å². The van der Waals surface area contributed by atoms with Crippen molar-refractivity contribution in [2.45, 2.75) is 44.2 Å². The fraction of sp³-hybridized carbons (Fsp3) is 0.409. The second kappa shape index (κ2) is 7.50. The molecule has 0 saturated carbocycles. The van der Waals surface area contributed by atoms with Crippen LogP contribution >= 0.6 is 0 Å². The average molecular weight is 349 g/mol. The zero-order valence-corrected chi connectivity index (χ0v) is 15.2. The number of aryl methyl sites for hydroxylation is 2. The van der Waals surface area contributed by atoms with E-state index in [4.69, 9.17) is 5.73 Å². The van der Waals surface area contributed by atoms with Crippen molar-refractivity contribution in [1.82, 2.24) is 5.32 Å². The number of hydrogen-bond donors (Lipinski definition) is 2. The summed E-state index contributed by atoms with van der Waals surface area (Å²) in [6.07, 6.45) is 5.79. The van der Waals surface area contributed by atoms with Gasteiger partial charge in [-0.1, -0.05) is 36.4 Å². The van der Waals surface area contributed by atoms with Gasteiger partial charge in [-0.15, -0.1) is 0 Å². The molecule has 1 saturated heterocycles. The molecular weight excluding hydrogens is 322 g/mol. The summed E-state index contributed by atoms with van der Waals surface area (Å²) in [5.74, 6) is -0.308. The minimum Gasteiger partial charge on any atom is -0.371 e. The topological polar surface area (TPSA) is 58.4 Å². The summed E-state index contributed by atoms with van der Waals surface area (Å²) in [4.78, 5) is 14.4. The van der Waals surface area contributed by atoms with Crippen LogP contribution in [0.3, 0.4) is 0 Å². The minimum atomic E-state index is -0.409. The van der Waals surface area contributed by atoms with Crippen LogP contribution in [0.15, 0.2) is 48.5 Å². The molecule has 2 aliphatic rings. The largest absolute Gasteiger partial charge is 0.371 e. The molecule has 1 fully saturated rings. The average Bonchev–Trinajstić information content (AvgIpc) is 3.15. The molecule has 1 aliphatic heterocycles. The van der Waals surface area contributed by atoms with E-state index in [2.05, 4.69) is 28.4 Å². The van der Waals surface area contributed by atoms with Crippen LogP contribution in [0.2, 0.25) is 0 Å². The summed E-state index contributed by atoms with van der Waals surface area (Å²) < 4.78 is 0. The van der Waals surface area contributed by atoms with E-state index < -0.39 is 6.04 Å². The lowest BCUT2D eigenvalue weighted by molar-refractivity contribution is -0.120. The van der Waals surface area contributed by atoms with Crippen molar-refractivity contribution >= 4 is 11.6 Å². The Kier molecular flexibility index (Phi) is 4.93. The summed E-state index contributed by atoms with van der Waals surface area (Å²) >= 11 is 0. The highest BCUT2D eigenvalue weighted by atomic mass is 16.1. The molecular formula is C22H27N3O. The number of anilines is 1. The number of primary amides is 1. The molecule has 1 heterocycles. The second-order valence-electron chi connectivity index (χ2n) is 7.48. The normalized spacial score (nSPS) is 18.5. The highest BCUT2D eigenvalue weighted by molar-refractivity contribution is 5.81. The molecule has 0 radical (unpaired) electrons. The second-order valence-corrected chi connectivity index (χ2v) is 7.48.